The molecule has 0 saturated heterocycles. The lowest BCUT2D eigenvalue weighted by Gasteiger charge is -2.24. The van der Waals surface area contributed by atoms with Crippen LogP contribution in [0.4, 0.5) is 5.69 Å². The maximum absolute atomic E-state index is 13.2. The number of hydrogen-bond donors (Lipinski definition) is 2. The highest BCUT2D eigenvalue weighted by atomic mass is 32.2. The Labute approximate surface area is 153 Å². The van der Waals surface area contributed by atoms with Crippen molar-refractivity contribution >= 4 is 21.6 Å². The van der Waals surface area contributed by atoms with E-state index < -0.39 is 10.0 Å². The van der Waals surface area contributed by atoms with E-state index in [4.69, 9.17) is 5.11 Å². The number of carbonyl (C=O) groups excluding carboxylic acids is 1. The number of carbonyl (C=O) groups is 1. The molecular formula is C19H22N2O4S. The Morgan fingerprint density at radius 3 is 2.77 bits per heavy atom. The van der Waals surface area contributed by atoms with Crippen molar-refractivity contribution in [2.45, 2.75) is 30.7 Å². The number of para-hydroxylation sites is 1. The third-order valence-electron chi connectivity index (χ3n) is 4.42. The molecule has 1 aliphatic rings. The first-order valence-electron chi connectivity index (χ1n) is 8.56. The monoisotopic (exact) mass is 374 g/mol. The second-order valence-corrected chi connectivity index (χ2v) is 8.16. The number of fused-ring (bicyclic) bond motifs is 1. The van der Waals surface area contributed by atoms with Crippen molar-refractivity contribution < 1.29 is 18.3 Å². The van der Waals surface area contributed by atoms with Crippen LogP contribution in [0, 0.1) is 0 Å². The van der Waals surface area contributed by atoms with Gasteiger partial charge in [-0.1, -0.05) is 24.3 Å². The first-order chi connectivity index (χ1) is 12.4. The molecule has 0 aliphatic carbocycles. The SMILES string of the molecule is C[C@H]1Cc2ccccc2N1S(=O)(=O)c1cccc(C(=O)NCCCO)c1. The standard InChI is InChI=1S/C19H22N2O4S/c1-14-12-15-6-2-3-9-18(15)21(14)26(24,25)17-8-4-7-16(13-17)19(23)20-10-5-11-22/h2-4,6-9,13-14,22H,5,10-12H2,1H3,(H,20,23)/t14-/m0/s1. The summed E-state index contributed by atoms with van der Waals surface area (Å²) < 4.78 is 27.8. The molecule has 1 heterocycles. The molecule has 0 bridgehead atoms. The molecule has 1 aliphatic heterocycles. The molecule has 6 nitrogen and oxygen atoms in total. The van der Waals surface area contributed by atoms with Crippen LogP contribution in [0.15, 0.2) is 53.4 Å². The van der Waals surface area contributed by atoms with Crippen molar-refractivity contribution in [3.8, 4) is 0 Å². The summed E-state index contributed by atoms with van der Waals surface area (Å²) in [7, 11) is -3.77. The van der Waals surface area contributed by atoms with Gasteiger partial charge in [-0.25, -0.2) is 8.42 Å². The van der Waals surface area contributed by atoms with Crippen molar-refractivity contribution in [3.63, 3.8) is 0 Å². The van der Waals surface area contributed by atoms with Gasteiger partial charge >= 0.3 is 0 Å². The lowest BCUT2D eigenvalue weighted by atomic mass is 10.1. The summed E-state index contributed by atoms with van der Waals surface area (Å²) in [4.78, 5) is 12.3. The van der Waals surface area contributed by atoms with Gasteiger partial charge in [0, 0.05) is 24.8 Å². The minimum atomic E-state index is -3.77. The lowest BCUT2D eigenvalue weighted by Crippen LogP contribution is -2.36. The van der Waals surface area contributed by atoms with Crippen molar-refractivity contribution in [1.82, 2.24) is 5.32 Å². The Morgan fingerprint density at radius 2 is 2.00 bits per heavy atom. The van der Waals surface area contributed by atoms with Crippen LogP contribution >= 0.6 is 0 Å². The normalized spacial score (nSPS) is 16.4. The van der Waals surface area contributed by atoms with E-state index in [1.165, 1.54) is 16.4 Å². The fraction of sp³-hybridized carbons (Fsp3) is 0.316. The highest BCUT2D eigenvalue weighted by Gasteiger charge is 2.36. The predicted molar refractivity (Wildman–Crippen MR) is 99.8 cm³/mol. The number of amides is 1. The van der Waals surface area contributed by atoms with Crippen molar-refractivity contribution in [2.24, 2.45) is 0 Å². The molecule has 0 radical (unpaired) electrons. The molecule has 2 N–H and O–H groups in total. The first-order valence-corrected chi connectivity index (χ1v) is 10.0. The number of anilines is 1. The van der Waals surface area contributed by atoms with E-state index in [1.807, 2.05) is 31.2 Å². The summed E-state index contributed by atoms with van der Waals surface area (Å²) in [5.41, 5.74) is 1.98. The number of hydrogen-bond acceptors (Lipinski definition) is 4. The minimum absolute atomic E-state index is 0.0129. The van der Waals surface area contributed by atoms with Gasteiger partial charge in [0.2, 0.25) is 0 Å². The molecule has 3 rings (SSSR count). The summed E-state index contributed by atoms with van der Waals surface area (Å²) in [6, 6.07) is 13.3. The average Bonchev–Trinajstić information content (AvgIpc) is 2.98. The predicted octanol–water partition coefficient (Wildman–Crippen LogP) is 1.94. The number of sulfonamides is 1. The van der Waals surface area contributed by atoms with Gasteiger partial charge in [0.1, 0.15) is 0 Å². The molecule has 7 heteroatoms. The summed E-state index contributed by atoms with van der Waals surface area (Å²) in [5, 5.41) is 11.5. The van der Waals surface area contributed by atoms with Crippen LogP contribution in [0.2, 0.25) is 0 Å². The highest BCUT2D eigenvalue weighted by Crippen LogP contribution is 2.36. The summed E-state index contributed by atoms with van der Waals surface area (Å²) >= 11 is 0. The van der Waals surface area contributed by atoms with Crippen LogP contribution in [0.25, 0.3) is 0 Å². The zero-order chi connectivity index (χ0) is 18.7. The summed E-state index contributed by atoms with van der Waals surface area (Å²) in [6.07, 6.45) is 1.11. The number of aliphatic hydroxyl groups is 1. The van der Waals surface area contributed by atoms with Crippen LogP contribution in [0.3, 0.4) is 0 Å². The Hall–Kier alpha value is -2.38. The third kappa shape index (κ3) is 3.45. The van der Waals surface area contributed by atoms with Gasteiger partial charge in [-0.3, -0.25) is 9.10 Å². The van der Waals surface area contributed by atoms with Crippen molar-refractivity contribution in [1.29, 1.82) is 0 Å². The van der Waals surface area contributed by atoms with Gasteiger partial charge in [0.05, 0.1) is 10.6 Å². The summed E-state index contributed by atoms with van der Waals surface area (Å²) in [5.74, 6) is -0.356. The maximum atomic E-state index is 13.2. The third-order valence-corrected chi connectivity index (χ3v) is 6.34. The van der Waals surface area contributed by atoms with Crippen molar-refractivity contribution in [2.75, 3.05) is 17.5 Å². The summed E-state index contributed by atoms with van der Waals surface area (Å²) in [6.45, 7) is 2.20. The van der Waals surface area contributed by atoms with Crippen molar-refractivity contribution in [3.05, 3.63) is 59.7 Å². The van der Waals surface area contributed by atoms with Crippen LogP contribution in [-0.2, 0) is 16.4 Å². The molecule has 0 saturated carbocycles. The van der Waals surface area contributed by atoms with E-state index in [-0.39, 0.29) is 29.0 Å². The van der Waals surface area contributed by atoms with Gasteiger partial charge in [0.15, 0.2) is 0 Å². The van der Waals surface area contributed by atoms with E-state index in [0.717, 1.165) is 5.56 Å². The average molecular weight is 374 g/mol. The van der Waals surface area contributed by atoms with Crippen LogP contribution in [0.1, 0.15) is 29.3 Å². The molecule has 0 aromatic heterocycles. The minimum Gasteiger partial charge on any atom is -0.396 e. The molecule has 1 atom stereocenters. The number of benzene rings is 2. The van der Waals surface area contributed by atoms with Crippen LogP contribution in [0.5, 0.6) is 0 Å². The molecule has 0 spiro atoms. The molecule has 0 fully saturated rings. The van der Waals surface area contributed by atoms with Gasteiger partial charge < -0.3 is 10.4 Å². The van der Waals surface area contributed by atoms with E-state index in [2.05, 4.69) is 5.32 Å². The maximum Gasteiger partial charge on any atom is 0.264 e. The molecular weight excluding hydrogens is 352 g/mol. The number of nitrogens with one attached hydrogen (secondary N) is 1. The van der Waals surface area contributed by atoms with E-state index in [1.54, 1.807) is 12.1 Å². The van der Waals surface area contributed by atoms with Gasteiger partial charge in [-0.05, 0) is 49.6 Å². The Bertz CT molecular complexity index is 911. The fourth-order valence-electron chi connectivity index (χ4n) is 3.20. The Morgan fingerprint density at radius 1 is 1.23 bits per heavy atom. The number of nitrogens with zero attached hydrogens (tertiary/aromatic N) is 1. The Balaban J connectivity index is 1.91. The second kappa shape index (κ2) is 7.47. The quantitative estimate of drug-likeness (QED) is 0.757. The smallest absolute Gasteiger partial charge is 0.264 e. The lowest BCUT2D eigenvalue weighted by molar-refractivity contribution is 0.0951. The topological polar surface area (TPSA) is 86.7 Å². The largest absolute Gasteiger partial charge is 0.396 e. The second-order valence-electron chi connectivity index (χ2n) is 6.34. The zero-order valence-corrected chi connectivity index (χ0v) is 15.4. The van der Waals surface area contributed by atoms with Crippen LogP contribution < -0.4 is 9.62 Å². The molecule has 2 aromatic rings. The van der Waals surface area contributed by atoms with E-state index in [0.29, 0.717) is 25.1 Å². The zero-order valence-electron chi connectivity index (χ0n) is 14.6. The molecule has 1 amide bonds. The molecule has 0 unspecified atom stereocenters. The van der Waals surface area contributed by atoms with Gasteiger partial charge in [0.25, 0.3) is 15.9 Å². The molecule has 138 valence electrons. The van der Waals surface area contributed by atoms with Gasteiger partial charge in [-0.2, -0.15) is 0 Å². The Kier molecular flexibility index (Phi) is 5.29. The van der Waals surface area contributed by atoms with E-state index in [9.17, 15) is 13.2 Å². The number of aliphatic hydroxyl groups excluding tert-OH is 1. The highest BCUT2D eigenvalue weighted by molar-refractivity contribution is 7.92. The number of rotatable bonds is 6. The molecule has 26 heavy (non-hydrogen) atoms. The van der Waals surface area contributed by atoms with Gasteiger partial charge in [-0.15, -0.1) is 0 Å². The van der Waals surface area contributed by atoms with E-state index >= 15 is 0 Å². The molecule has 2 aromatic carbocycles. The fourth-order valence-corrected chi connectivity index (χ4v) is 4.94. The first kappa shape index (κ1) is 18.4. The van der Waals surface area contributed by atoms with Crippen LogP contribution in [-0.4, -0.2) is 38.6 Å².